The second kappa shape index (κ2) is 8.16. The van der Waals surface area contributed by atoms with Gasteiger partial charge in [-0.05, 0) is 63.5 Å². The Balaban J connectivity index is 1.95. The molecule has 1 aliphatic carbocycles. The van der Waals surface area contributed by atoms with Crippen LogP contribution in [0.25, 0.3) is 11.8 Å². The standard InChI is InChI=1S/C20H25N5O2/c1-4-13(3)12-17-18(20(27)22-15-8-9-15)23-24-25(17)16-10-6-14(7-11-16)19(26)21-5-2/h6-7,10-12,15H,4-5,8-9H2,1-3H3,(H,21,26)(H,22,27)/b13-12+. The number of rotatable bonds is 7. The lowest BCUT2D eigenvalue weighted by atomic mass is 10.1. The number of allylic oxidation sites excluding steroid dienone is 1. The van der Waals surface area contributed by atoms with Crippen LogP contribution < -0.4 is 10.6 Å². The molecule has 0 unspecified atom stereocenters. The third kappa shape index (κ3) is 4.42. The molecule has 0 radical (unpaired) electrons. The molecule has 7 nitrogen and oxygen atoms in total. The average Bonchev–Trinajstić information content (AvgIpc) is 3.39. The van der Waals surface area contributed by atoms with Crippen molar-refractivity contribution in [3.8, 4) is 5.69 Å². The molecule has 2 N–H and O–H groups in total. The van der Waals surface area contributed by atoms with Crippen molar-refractivity contribution in [1.29, 1.82) is 0 Å². The van der Waals surface area contributed by atoms with E-state index in [2.05, 4.69) is 27.9 Å². The van der Waals surface area contributed by atoms with Crippen LogP contribution in [-0.4, -0.2) is 39.4 Å². The van der Waals surface area contributed by atoms with Gasteiger partial charge in [0.1, 0.15) is 5.69 Å². The molecule has 1 saturated carbocycles. The molecule has 0 aliphatic heterocycles. The largest absolute Gasteiger partial charge is 0.352 e. The lowest BCUT2D eigenvalue weighted by Gasteiger charge is -2.08. The van der Waals surface area contributed by atoms with Crippen molar-refractivity contribution in [2.75, 3.05) is 6.54 Å². The predicted octanol–water partition coefficient (Wildman–Crippen LogP) is 2.72. The summed E-state index contributed by atoms with van der Waals surface area (Å²) >= 11 is 0. The maximum absolute atomic E-state index is 12.5. The van der Waals surface area contributed by atoms with E-state index < -0.39 is 0 Å². The Labute approximate surface area is 158 Å². The fraction of sp³-hybridized carbons (Fsp3) is 0.400. The molecule has 1 fully saturated rings. The minimum Gasteiger partial charge on any atom is -0.352 e. The maximum Gasteiger partial charge on any atom is 0.274 e. The summed E-state index contributed by atoms with van der Waals surface area (Å²) in [5, 5.41) is 14.1. The van der Waals surface area contributed by atoms with E-state index in [1.807, 2.05) is 19.9 Å². The van der Waals surface area contributed by atoms with Gasteiger partial charge in [-0.1, -0.05) is 17.7 Å². The SMILES string of the molecule is CCNC(=O)c1ccc(-n2nnc(C(=O)NC3CC3)c2/C=C(\C)CC)cc1. The van der Waals surface area contributed by atoms with Gasteiger partial charge in [0.25, 0.3) is 11.8 Å². The van der Waals surface area contributed by atoms with E-state index in [0.717, 1.165) is 30.5 Å². The Morgan fingerprint density at radius 1 is 1.19 bits per heavy atom. The molecule has 2 amide bonds. The summed E-state index contributed by atoms with van der Waals surface area (Å²) < 4.78 is 1.64. The van der Waals surface area contributed by atoms with Crippen LogP contribution in [0.2, 0.25) is 0 Å². The minimum absolute atomic E-state index is 0.117. The molecule has 27 heavy (non-hydrogen) atoms. The van der Waals surface area contributed by atoms with E-state index in [0.29, 0.717) is 23.5 Å². The van der Waals surface area contributed by atoms with Crippen LogP contribution in [-0.2, 0) is 0 Å². The molecule has 1 aromatic carbocycles. The highest BCUT2D eigenvalue weighted by Gasteiger charge is 2.27. The summed E-state index contributed by atoms with van der Waals surface area (Å²) in [4.78, 5) is 24.5. The van der Waals surface area contributed by atoms with Gasteiger partial charge in [0.15, 0.2) is 5.69 Å². The molecule has 0 atom stereocenters. The number of amides is 2. The number of hydrogen-bond donors (Lipinski definition) is 2. The molecule has 1 aromatic heterocycles. The van der Waals surface area contributed by atoms with Crippen molar-refractivity contribution in [2.45, 2.75) is 46.1 Å². The normalized spacial score (nSPS) is 14.1. The van der Waals surface area contributed by atoms with Gasteiger partial charge in [-0.2, -0.15) is 0 Å². The Morgan fingerprint density at radius 3 is 2.48 bits per heavy atom. The predicted molar refractivity (Wildman–Crippen MR) is 104 cm³/mol. The monoisotopic (exact) mass is 367 g/mol. The lowest BCUT2D eigenvalue weighted by molar-refractivity contribution is 0.0941. The number of carbonyl (C=O) groups is 2. The van der Waals surface area contributed by atoms with Crippen LogP contribution in [0.4, 0.5) is 0 Å². The summed E-state index contributed by atoms with van der Waals surface area (Å²) in [6.07, 6.45) is 4.84. The van der Waals surface area contributed by atoms with Crippen LogP contribution in [0.5, 0.6) is 0 Å². The van der Waals surface area contributed by atoms with E-state index in [4.69, 9.17) is 0 Å². The topological polar surface area (TPSA) is 88.9 Å². The Kier molecular flexibility index (Phi) is 5.69. The first-order chi connectivity index (χ1) is 13.0. The van der Waals surface area contributed by atoms with E-state index in [-0.39, 0.29) is 17.9 Å². The van der Waals surface area contributed by atoms with Crippen molar-refractivity contribution < 1.29 is 9.59 Å². The Bertz CT molecular complexity index is 863. The molecular weight excluding hydrogens is 342 g/mol. The zero-order valence-electron chi connectivity index (χ0n) is 16.0. The molecule has 0 bridgehead atoms. The van der Waals surface area contributed by atoms with Gasteiger partial charge >= 0.3 is 0 Å². The zero-order valence-corrected chi connectivity index (χ0v) is 16.0. The third-order valence-corrected chi connectivity index (χ3v) is 4.48. The van der Waals surface area contributed by atoms with Crippen LogP contribution in [0, 0.1) is 0 Å². The molecular formula is C20H25N5O2. The smallest absolute Gasteiger partial charge is 0.274 e. The summed E-state index contributed by atoms with van der Waals surface area (Å²) in [5.41, 5.74) is 3.42. The van der Waals surface area contributed by atoms with Gasteiger partial charge in [-0.3, -0.25) is 9.59 Å². The van der Waals surface area contributed by atoms with Gasteiger partial charge in [-0.15, -0.1) is 5.10 Å². The number of carbonyl (C=O) groups excluding carboxylic acids is 2. The molecule has 3 rings (SSSR count). The van der Waals surface area contributed by atoms with Gasteiger partial charge in [0.05, 0.1) is 5.69 Å². The molecule has 2 aromatic rings. The van der Waals surface area contributed by atoms with Crippen molar-refractivity contribution in [3.63, 3.8) is 0 Å². The highest BCUT2D eigenvalue weighted by Crippen LogP contribution is 2.22. The van der Waals surface area contributed by atoms with Crippen molar-refractivity contribution in [2.24, 2.45) is 0 Å². The number of hydrogen-bond acceptors (Lipinski definition) is 4. The highest BCUT2D eigenvalue weighted by molar-refractivity contribution is 5.96. The third-order valence-electron chi connectivity index (χ3n) is 4.48. The molecule has 7 heteroatoms. The fourth-order valence-corrected chi connectivity index (χ4v) is 2.60. The quantitative estimate of drug-likeness (QED) is 0.787. The lowest BCUT2D eigenvalue weighted by Crippen LogP contribution is -2.26. The van der Waals surface area contributed by atoms with Gasteiger partial charge in [0, 0.05) is 18.2 Å². The number of benzene rings is 1. The minimum atomic E-state index is -0.196. The number of nitrogens with zero attached hydrogens (tertiary/aromatic N) is 3. The van der Waals surface area contributed by atoms with Gasteiger partial charge in [0.2, 0.25) is 0 Å². The molecule has 1 aliphatic rings. The van der Waals surface area contributed by atoms with Gasteiger partial charge in [-0.25, -0.2) is 4.68 Å². The number of nitrogens with one attached hydrogen (secondary N) is 2. The average molecular weight is 367 g/mol. The fourth-order valence-electron chi connectivity index (χ4n) is 2.60. The Morgan fingerprint density at radius 2 is 1.89 bits per heavy atom. The molecule has 0 spiro atoms. The van der Waals surface area contributed by atoms with Crippen LogP contribution in [0.15, 0.2) is 29.8 Å². The Hall–Kier alpha value is -2.96. The van der Waals surface area contributed by atoms with Crippen LogP contribution in [0.3, 0.4) is 0 Å². The zero-order chi connectivity index (χ0) is 19.4. The van der Waals surface area contributed by atoms with E-state index in [1.165, 1.54) is 0 Å². The summed E-state index contributed by atoms with van der Waals surface area (Å²) in [6, 6.07) is 7.35. The molecule has 142 valence electrons. The van der Waals surface area contributed by atoms with Crippen LogP contribution in [0.1, 0.15) is 66.6 Å². The van der Waals surface area contributed by atoms with Crippen LogP contribution >= 0.6 is 0 Å². The van der Waals surface area contributed by atoms with Crippen molar-refractivity contribution >= 4 is 17.9 Å². The number of aromatic nitrogens is 3. The van der Waals surface area contributed by atoms with E-state index in [9.17, 15) is 9.59 Å². The summed E-state index contributed by atoms with van der Waals surface area (Å²) in [6.45, 7) is 6.53. The molecule has 1 heterocycles. The highest BCUT2D eigenvalue weighted by atomic mass is 16.2. The summed E-state index contributed by atoms with van der Waals surface area (Å²) in [5.74, 6) is -0.313. The van der Waals surface area contributed by atoms with Crippen molar-refractivity contribution in [3.05, 3.63) is 46.8 Å². The first-order valence-corrected chi connectivity index (χ1v) is 9.35. The molecule has 0 saturated heterocycles. The van der Waals surface area contributed by atoms with E-state index >= 15 is 0 Å². The van der Waals surface area contributed by atoms with Crippen molar-refractivity contribution in [1.82, 2.24) is 25.6 Å². The maximum atomic E-state index is 12.5. The second-order valence-electron chi connectivity index (χ2n) is 6.73. The summed E-state index contributed by atoms with van der Waals surface area (Å²) in [7, 11) is 0. The first-order valence-electron chi connectivity index (χ1n) is 9.35. The first kappa shape index (κ1) is 18.8. The van der Waals surface area contributed by atoms with Gasteiger partial charge < -0.3 is 10.6 Å². The second-order valence-corrected chi connectivity index (χ2v) is 6.73. The van der Waals surface area contributed by atoms with E-state index in [1.54, 1.807) is 28.9 Å².